The molecule has 0 spiro atoms. The summed E-state index contributed by atoms with van der Waals surface area (Å²) in [6, 6.07) is 0. The molecule has 1 atom stereocenters. The van der Waals surface area contributed by atoms with Gasteiger partial charge < -0.3 is 4.74 Å². The number of carbonyl (C=O) groups excluding carboxylic acids is 2. The number of halogens is 2. The van der Waals surface area contributed by atoms with E-state index in [1.165, 1.54) is 18.2 Å². The van der Waals surface area contributed by atoms with Crippen molar-refractivity contribution in [2.45, 2.75) is 6.42 Å². The Bertz CT molecular complexity index is 511. The third-order valence-electron chi connectivity index (χ3n) is 2.61. The largest absolute Gasteiger partial charge is 0.469 e. The monoisotopic (exact) mass is 381 g/mol. The molecular weight excluding hydrogens is 372 g/mol. The van der Waals surface area contributed by atoms with Crippen molar-refractivity contribution in [2.75, 3.05) is 18.6 Å². The van der Waals surface area contributed by atoms with Gasteiger partial charge in [0.2, 0.25) is 11.2 Å². The first-order chi connectivity index (χ1) is 8.52. The van der Waals surface area contributed by atoms with E-state index in [1.807, 2.05) is 22.6 Å². The maximum atomic E-state index is 11.9. The third kappa shape index (κ3) is 2.56. The molecule has 0 N–H and O–H groups in total. The minimum absolute atomic E-state index is 0.0692. The lowest BCUT2D eigenvalue weighted by molar-refractivity contribution is -0.145. The first kappa shape index (κ1) is 13.5. The zero-order chi connectivity index (χ0) is 13.3. The fourth-order valence-corrected chi connectivity index (χ4v) is 2.44. The standard InChI is InChI=1S/C10H9ClIN3O3/c1-18-9(17)5-2-7(16)15(4-5)8-6(12)3-13-10(11)14-8/h3,5H,2,4H2,1H3. The SMILES string of the molecule is COC(=O)C1CC(=O)N(c2nc(Cl)ncc2I)C1. The molecule has 1 amide bonds. The van der Waals surface area contributed by atoms with Crippen molar-refractivity contribution in [3.8, 4) is 0 Å². The van der Waals surface area contributed by atoms with Crippen molar-refractivity contribution in [1.82, 2.24) is 9.97 Å². The summed E-state index contributed by atoms with van der Waals surface area (Å²) in [6.07, 6.45) is 1.66. The summed E-state index contributed by atoms with van der Waals surface area (Å²) in [5.41, 5.74) is 0. The fourth-order valence-electron chi connectivity index (χ4n) is 1.76. The van der Waals surface area contributed by atoms with Gasteiger partial charge in [-0.15, -0.1) is 0 Å². The van der Waals surface area contributed by atoms with E-state index in [-0.39, 0.29) is 30.1 Å². The van der Waals surface area contributed by atoms with Crippen molar-refractivity contribution in [3.05, 3.63) is 15.1 Å². The van der Waals surface area contributed by atoms with Crippen molar-refractivity contribution in [3.63, 3.8) is 0 Å². The molecule has 18 heavy (non-hydrogen) atoms. The van der Waals surface area contributed by atoms with E-state index in [1.54, 1.807) is 0 Å². The summed E-state index contributed by atoms with van der Waals surface area (Å²) in [5, 5.41) is 0.0692. The number of methoxy groups -OCH3 is 1. The second-order valence-corrected chi connectivity index (χ2v) is 5.24. The van der Waals surface area contributed by atoms with E-state index < -0.39 is 5.92 Å². The predicted molar refractivity (Wildman–Crippen MR) is 72.2 cm³/mol. The summed E-state index contributed by atoms with van der Waals surface area (Å²) in [6.45, 7) is 0.259. The Kier molecular flexibility index (Phi) is 4.00. The minimum atomic E-state index is -0.452. The Morgan fingerprint density at radius 2 is 2.39 bits per heavy atom. The van der Waals surface area contributed by atoms with Crippen LogP contribution in [0.4, 0.5) is 5.82 Å². The van der Waals surface area contributed by atoms with Gasteiger partial charge in [0.05, 0.1) is 16.6 Å². The quantitative estimate of drug-likeness (QED) is 0.438. The topological polar surface area (TPSA) is 72.4 Å². The molecule has 6 nitrogen and oxygen atoms in total. The van der Waals surface area contributed by atoms with Crippen LogP contribution in [0.3, 0.4) is 0 Å². The highest BCUT2D eigenvalue weighted by Crippen LogP contribution is 2.28. The maximum Gasteiger partial charge on any atom is 0.311 e. The summed E-state index contributed by atoms with van der Waals surface area (Å²) in [5.74, 6) is -0.571. The Balaban J connectivity index is 2.27. The van der Waals surface area contributed by atoms with E-state index in [0.717, 1.165) is 0 Å². The summed E-state index contributed by atoms with van der Waals surface area (Å²) in [7, 11) is 1.31. The van der Waals surface area contributed by atoms with Crippen LogP contribution in [0, 0.1) is 9.49 Å². The molecule has 1 aliphatic heterocycles. The highest BCUT2D eigenvalue weighted by atomic mass is 127. The van der Waals surface area contributed by atoms with Gasteiger partial charge in [0.1, 0.15) is 0 Å². The number of hydrogen-bond donors (Lipinski definition) is 0. The number of rotatable bonds is 2. The Labute approximate surface area is 122 Å². The number of anilines is 1. The smallest absolute Gasteiger partial charge is 0.311 e. The van der Waals surface area contributed by atoms with Crippen molar-refractivity contribution in [1.29, 1.82) is 0 Å². The van der Waals surface area contributed by atoms with E-state index >= 15 is 0 Å². The average molecular weight is 382 g/mol. The van der Waals surface area contributed by atoms with Gasteiger partial charge in [-0.2, -0.15) is 4.98 Å². The highest BCUT2D eigenvalue weighted by molar-refractivity contribution is 14.1. The van der Waals surface area contributed by atoms with Crippen LogP contribution < -0.4 is 4.90 Å². The molecule has 1 saturated heterocycles. The van der Waals surface area contributed by atoms with Gasteiger partial charge >= 0.3 is 5.97 Å². The molecule has 1 unspecified atom stereocenters. The molecule has 0 bridgehead atoms. The molecule has 0 radical (unpaired) electrons. The number of nitrogens with zero attached hydrogens (tertiary/aromatic N) is 3. The molecule has 2 heterocycles. The predicted octanol–water partition coefficient (Wildman–Crippen LogP) is 1.26. The molecule has 96 valence electrons. The van der Waals surface area contributed by atoms with E-state index in [4.69, 9.17) is 11.6 Å². The number of aromatic nitrogens is 2. The van der Waals surface area contributed by atoms with E-state index in [9.17, 15) is 9.59 Å². The van der Waals surface area contributed by atoms with Crippen LogP contribution in [-0.2, 0) is 14.3 Å². The average Bonchev–Trinajstić information content (AvgIpc) is 2.73. The van der Waals surface area contributed by atoms with Gasteiger partial charge in [0, 0.05) is 19.2 Å². The van der Waals surface area contributed by atoms with Crippen molar-refractivity contribution < 1.29 is 14.3 Å². The van der Waals surface area contributed by atoms with Gasteiger partial charge in [-0.25, -0.2) is 4.98 Å². The summed E-state index contributed by atoms with van der Waals surface area (Å²) in [4.78, 5) is 32.6. The molecule has 0 saturated carbocycles. The van der Waals surface area contributed by atoms with Gasteiger partial charge in [-0.3, -0.25) is 14.5 Å². The Morgan fingerprint density at radius 1 is 1.67 bits per heavy atom. The normalized spacial score (nSPS) is 19.2. The molecule has 1 aromatic rings. The number of carbonyl (C=O) groups is 2. The van der Waals surface area contributed by atoms with Crippen LogP contribution in [0.15, 0.2) is 6.20 Å². The molecule has 0 aromatic carbocycles. The summed E-state index contributed by atoms with van der Waals surface area (Å²) >= 11 is 7.73. The molecular formula is C10H9ClIN3O3. The Morgan fingerprint density at radius 3 is 3.06 bits per heavy atom. The third-order valence-corrected chi connectivity index (χ3v) is 3.55. The number of esters is 1. The first-order valence-electron chi connectivity index (χ1n) is 5.09. The Hall–Kier alpha value is -0.960. The first-order valence-corrected chi connectivity index (χ1v) is 6.55. The van der Waals surface area contributed by atoms with Crippen LogP contribution >= 0.6 is 34.2 Å². The van der Waals surface area contributed by atoms with Gasteiger partial charge in [-0.1, -0.05) is 0 Å². The molecule has 1 aromatic heterocycles. The lowest BCUT2D eigenvalue weighted by Crippen LogP contribution is -2.28. The van der Waals surface area contributed by atoms with Gasteiger partial charge in [0.25, 0.3) is 0 Å². The molecule has 0 aliphatic carbocycles. The van der Waals surface area contributed by atoms with Crippen molar-refractivity contribution in [2.24, 2.45) is 5.92 Å². The lowest BCUT2D eigenvalue weighted by atomic mass is 10.1. The fraction of sp³-hybridized carbons (Fsp3) is 0.400. The second-order valence-electron chi connectivity index (χ2n) is 3.74. The maximum absolute atomic E-state index is 11.9. The van der Waals surface area contributed by atoms with Crippen molar-refractivity contribution >= 4 is 51.9 Å². The van der Waals surface area contributed by atoms with Crippen LogP contribution in [-0.4, -0.2) is 35.5 Å². The lowest BCUT2D eigenvalue weighted by Gasteiger charge is -2.16. The van der Waals surface area contributed by atoms with E-state index in [2.05, 4.69) is 14.7 Å². The van der Waals surface area contributed by atoms with Crippen LogP contribution in [0.2, 0.25) is 5.28 Å². The molecule has 1 aliphatic rings. The number of ether oxygens (including phenoxy) is 1. The number of amides is 1. The van der Waals surface area contributed by atoms with E-state index in [0.29, 0.717) is 9.39 Å². The van der Waals surface area contributed by atoms with Crippen LogP contribution in [0.5, 0.6) is 0 Å². The zero-order valence-electron chi connectivity index (χ0n) is 9.39. The zero-order valence-corrected chi connectivity index (χ0v) is 12.3. The second kappa shape index (κ2) is 5.35. The molecule has 1 fully saturated rings. The van der Waals surface area contributed by atoms with Crippen LogP contribution in [0.25, 0.3) is 0 Å². The highest BCUT2D eigenvalue weighted by Gasteiger charge is 2.37. The molecule has 2 rings (SSSR count). The van der Waals surface area contributed by atoms with Gasteiger partial charge in [-0.05, 0) is 34.2 Å². The summed E-state index contributed by atoms with van der Waals surface area (Å²) < 4.78 is 5.35. The number of hydrogen-bond acceptors (Lipinski definition) is 5. The van der Waals surface area contributed by atoms with Gasteiger partial charge in [0.15, 0.2) is 5.82 Å². The van der Waals surface area contributed by atoms with Crippen LogP contribution in [0.1, 0.15) is 6.42 Å². The minimum Gasteiger partial charge on any atom is -0.469 e. The molecule has 8 heteroatoms.